The number of aromatic amines is 1. The van der Waals surface area contributed by atoms with Crippen LogP contribution in [0.15, 0.2) is 16.9 Å². The van der Waals surface area contributed by atoms with Gasteiger partial charge >= 0.3 is 0 Å². The Labute approximate surface area is 105 Å². The highest BCUT2D eigenvalue weighted by atomic mass is 32.2. The first-order valence-electron chi connectivity index (χ1n) is 5.82. The molecule has 1 aromatic rings. The van der Waals surface area contributed by atoms with Crippen molar-refractivity contribution in [1.29, 1.82) is 0 Å². The van der Waals surface area contributed by atoms with Crippen LogP contribution < -0.4 is 15.6 Å². The molecule has 0 saturated carbocycles. The molecule has 0 atom stereocenters. The predicted octanol–water partition coefficient (Wildman–Crippen LogP) is -0.489. The maximum atomic E-state index is 11.9. The molecule has 1 aliphatic heterocycles. The third-order valence-electron chi connectivity index (χ3n) is 2.85. The van der Waals surface area contributed by atoms with Gasteiger partial charge in [0.15, 0.2) is 5.82 Å². The first-order chi connectivity index (χ1) is 8.55. The zero-order chi connectivity index (χ0) is 13.0. The molecule has 1 aromatic heterocycles. The molecule has 0 amide bonds. The molecule has 2 heterocycles. The summed E-state index contributed by atoms with van der Waals surface area (Å²) in [5.74, 6) is 0.408. The van der Waals surface area contributed by atoms with Crippen molar-refractivity contribution < 1.29 is 8.42 Å². The maximum Gasteiger partial charge on any atom is 0.264 e. The van der Waals surface area contributed by atoms with Crippen LogP contribution in [0.4, 0.5) is 5.82 Å². The largest absolute Gasteiger partial charge is 0.317 e. The number of H-pyrrole nitrogens is 1. The molecular formula is C10H16N4O3S. The van der Waals surface area contributed by atoms with Crippen LogP contribution in [-0.4, -0.2) is 37.5 Å². The fraction of sp³-hybridized carbons (Fsp3) is 0.600. The van der Waals surface area contributed by atoms with E-state index in [0.29, 0.717) is 0 Å². The summed E-state index contributed by atoms with van der Waals surface area (Å²) in [4.78, 5) is 10.8. The molecule has 2 rings (SSSR count). The van der Waals surface area contributed by atoms with Gasteiger partial charge in [0.25, 0.3) is 5.56 Å². The minimum absolute atomic E-state index is 0.0927. The molecular weight excluding hydrogens is 256 g/mol. The zero-order valence-electron chi connectivity index (χ0n) is 9.85. The molecule has 8 heteroatoms. The SMILES string of the molecule is O=c1ccc(NS(=O)(=O)CC2CCNCC2)n[nH]1. The normalized spacial score (nSPS) is 17.6. The van der Waals surface area contributed by atoms with Crippen molar-refractivity contribution in [1.82, 2.24) is 15.5 Å². The molecule has 0 aromatic carbocycles. The Morgan fingerprint density at radius 3 is 2.67 bits per heavy atom. The summed E-state index contributed by atoms with van der Waals surface area (Å²) in [6.45, 7) is 1.72. The van der Waals surface area contributed by atoms with Crippen LogP contribution in [0.1, 0.15) is 12.8 Å². The van der Waals surface area contributed by atoms with E-state index < -0.39 is 10.0 Å². The molecule has 1 saturated heterocycles. The van der Waals surface area contributed by atoms with Gasteiger partial charge < -0.3 is 5.32 Å². The number of aromatic nitrogens is 2. The average Bonchev–Trinajstić information content (AvgIpc) is 2.32. The van der Waals surface area contributed by atoms with Crippen molar-refractivity contribution in [2.75, 3.05) is 23.6 Å². The average molecular weight is 272 g/mol. The van der Waals surface area contributed by atoms with E-state index in [9.17, 15) is 13.2 Å². The Balaban J connectivity index is 1.98. The maximum absolute atomic E-state index is 11.9. The van der Waals surface area contributed by atoms with Crippen LogP contribution in [0.25, 0.3) is 0 Å². The fourth-order valence-corrected chi connectivity index (χ4v) is 3.43. The Bertz CT molecular complexity index is 528. The van der Waals surface area contributed by atoms with E-state index in [1.807, 2.05) is 0 Å². The van der Waals surface area contributed by atoms with Crippen molar-refractivity contribution >= 4 is 15.8 Å². The lowest BCUT2D eigenvalue weighted by molar-refractivity contribution is 0.402. The van der Waals surface area contributed by atoms with Crippen LogP contribution in [-0.2, 0) is 10.0 Å². The highest BCUT2D eigenvalue weighted by molar-refractivity contribution is 7.92. The van der Waals surface area contributed by atoms with Gasteiger partial charge in [-0.15, -0.1) is 0 Å². The number of hydrogen-bond donors (Lipinski definition) is 3. The molecule has 1 aliphatic rings. The van der Waals surface area contributed by atoms with E-state index in [0.717, 1.165) is 25.9 Å². The molecule has 0 radical (unpaired) electrons. The number of sulfonamides is 1. The number of hydrogen-bond acceptors (Lipinski definition) is 5. The van der Waals surface area contributed by atoms with Gasteiger partial charge in [-0.25, -0.2) is 13.5 Å². The summed E-state index contributed by atoms with van der Waals surface area (Å²) in [7, 11) is -3.41. The third kappa shape index (κ3) is 3.81. The number of anilines is 1. The van der Waals surface area contributed by atoms with E-state index in [1.165, 1.54) is 12.1 Å². The highest BCUT2D eigenvalue weighted by Crippen LogP contribution is 2.15. The molecule has 0 aliphatic carbocycles. The van der Waals surface area contributed by atoms with Gasteiger partial charge in [-0.3, -0.25) is 9.52 Å². The molecule has 0 unspecified atom stereocenters. The van der Waals surface area contributed by atoms with Crippen LogP contribution >= 0.6 is 0 Å². The molecule has 3 N–H and O–H groups in total. The van der Waals surface area contributed by atoms with E-state index in [1.54, 1.807) is 0 Å². The van der Waals surface area contributed by atoms with Crippen molar-refractivity contribution in [3.8, 4) is 0 Å². The summed E-state index contributed by atoms with van der Waals surface area (Å²) >= 11 is 0. The fourth-order valence-electron chi connectivity index (χ4n) is 1.96. The van der Waals surface area contributed by atoms with Gasteiger partial charge in [0.2, 0.25) is 10.0 Å². The van der Waals surface area contributed by atoms with E-state index in [-0.39, 0.29) is 23.0 Å². The van der Waals surface area contributed by atoms with Crippen molar-refractivity contribution in [2.24, 2.45) is 5.92 Å². The van der Waals surface area contributed by atoms with Gasteiger partial charge in [-0.2, -0.15) is 5.10 Å². The summed E-state index contributed by atoms with van der Waals surface area (Å²) in [6.07, 6.45) is 1.72. The Kier molecular flexibility index (Phi) is 3.97. The molecule has 1 fully saturated rings. The lowest BCUT2D eigenvalue weighted by Crippen LogP contribution is -2.33. The summed E-state index contributed by atoms with van der Waals surface area (Å²) < 4.78 is 26.1. The Morgan fingerprint density at radius 2 is 2.06 bits per heavy atom. The summed E-state index contributed by atoms with van der Waals surface area (Å²) in [6, 6.07) is 2.58. The van der Waals surface area contributed by atoms with Crippen molar-refractivity contribution in [2.45, 2.75) is 12.8 Å². The molecule has 0 bridgehead atoms. The third-order valence-corrected chi connectivity index (χ3v) is 4.28. The number of rotatable bonds is 4. The molecule has 100 valence electrons. The smallest absolute Gasteiger partial charge is 0.264 e. The number of piperidine rings is 1. The number of nitrogens with zero attached hydrogens (tertiary/aromatic N) is 1. The lowest BCUT2D eigenvalue weighted by atomic mass is 10.0. The van der Waals surface area contributed by atoms with Gasteiger partial charge in [-0.1, -0.05) is 0 Å². The topological polar surface area (TPSA) is 104 Å². The quantitative estimate of drug-likeness (QED) is 0.686. The van der Waals surface area contributed by atoms with Gasteiger partial charge in [0, 0.05) is 6.07 Å². The second-order valence-electron chi connectivity index (χ2n) is 4.38. The second-order valence-corrected chi connectivity index (χ2v) is 6.15. The van der Waals surface area contributed by atoms with Gasteiger partial charge in [0.05, 0.1) is 5.75 Å². The molecule has 18 heavy (non-hydrogen) atoms. The minimum Gasteiger partial charge on any atom is -0.317 e. The van der Waals surface area contributed by atoms with Crippen molar-refractivity contribution in [3.05, 3.63) is 22.5 Å². The van der Waals surface area contributed by atoms with Crippen molar-refractivity contribution in [3.63, 3.8) is 0 Å². The van der Waals surface area contributed by atoms with Crippen LogP contribution in [0.3, 0.4) is 0 Å². The number of nitrogens with one attached hydrogen (secondary N) is 3. The minimum atomic E-state index is -3.41. The standard InChI is InChI=1S/C10H16N4O3S/c15-10-2-1-9(12-13-10)14-18(16,17)7-8-3-5-11-6-4-8/h1-2,8,11H,3-7H2,(H,12,14)(H,13,15). The van der Waals surface area contributed by atoms with Gasteiger partial charge in [0.1, 0.15) is 0 Å². The monoisotopic (exact) mass is 272 g/mol. The Hall–Kier alpha value is -1.41. The van der Waals surface area contributed by atoms with E-state index in [2.05, 4.69) is 20.2 Å². The zero-order valence-corrected chi connectivity index (χ0v) is 10.7. The van der Waals surface area contributed by atoms with Crippen LogP contribution in [0.2, 0.25) is 0 Å². The highest BCUT2D eigenvalue weighted by Gasteiger charge is 2.21. The second kappa shape index (κ2) is 5.49. The summed E-state index contributed by atoms with van der Waals surface area (Å²) in [5, 5.41) is 8.99. The molecule has 7 nitrogen and oxygen atoms in total. The van der Waals surface area contributed by atoms with E-state index >= 15 is 0 Å². The van der Waals surface area contributed by atoms with Gasteiger partial charge in [-0.05, 0) is 37.9 Å². The van der Waals surface area contributed by atoms with Crippen LogP contribution in [0, 0.1) is 5.92 Å². The Morgan fingerprint density at radius 1 is 1.33 bits per heavy atom. The van der Waals surface area contributed by atoms with E-state index in [4.69, 9.17) is 0 Å². The first-order valence-corrected chi connectivity index (χ1v) is 7.47. The predicted molar refractivity (Wildman–Crippen MR) is 67.9 cm³/mol. The molecule has 0 spiro atoms. The first kappa shape index (κ1) is 13.0. The lowest BCUT2D eigenvalue weighted by Gasteiger charge is -2.22. The van der Waals surface area contributed by atoms with Crippen LogP contribution in [0.5, 0.6) is 0 Å². The summed E-state index contributed by atoms with van der Waals surface area (Å²) in [5.41, 5.74) is -0.365.